The lowest BCUT2D eigenvalue weighted by Gasteiger charge is -2.03. The highest BCUT2D eigenvalue weighted by molar-refractivity contribution is 5.25. The van der Waals surface area contributed by atoms with Crippen molar-refractivity contribution in [2.45, 2.75) is 19.8 Å². The molecule has 0 unspecified atom stereocenters. The van der Waals surface area contributed by atoms with Gasteiger partial charge in [-0.25, -0.2) is 4.98 Å². The number of nitrogens with one attached hydrogen (secondary N) is 1. The van der Waals surface area contributed by atoms with Crippen molar-refractivity contribution in [1.82, 2.24) is 9.97 Å². The standard InChI is InChI=1S/C12H14N2/c1-10-4-2-3-5-11(10)6-7-12-13-8-9-14-12/h2-5,8-9H,6-7H2,1H3,(H,13,14). The molecule has 1 heterocycles. The van der Waals surface area contributed by atoms with Gasteiger partial charge in [-0.2, -0.15) is 0 Å². The molecule has 0 aliphatic carbocycles. The molecule has 0 aliphatic rings. The summed E-state index contributed by atoms with van der Waals surface area (Å²) in [7, 11) is 0. The average molecular weight is 186 g/mol. The van der Waals surface area contributed by atoms with E-state index in [1.807, 2.05) is 6.20 Å². The number of nitrogens with zero attached hydrogens (tertiary/aromatic N) is 1. The Kier molecular flexibility index (Phi) is 2.63. The minimum absolute atomic E-state index is 0.984. The zero-order valence-electron chi connectivity index (χ0n) is 8.33. The van der Waals surface area contributed by atoms with Crippen LogP contribution in [0.25, 0.3) is 0 Å². The molecule has 1 N–H and O–H groups in total. The number of aromatic amines is 1. The van der Waals surface area contributed by atoms with Crippen LogP contribution < -0.4 is 0 Å². The number of rotatable bonds is 3. The first-order valence-electron chi connectivity index (χ1n) is 4.89. The van der Waals surface area contributed by atoms with Gasteiger partial charge in [0.25, 0.3) is 0 Å². The van der Waals surface area contributed by atoms with Crippen molar-refractivity contribution in [2.75, 3.05) is 0 Å². The third kappa shape index (κ3) is 2.02. The molecule has 1 aromatic carbocycles. The molecule has 0 amide bonds. The summed E-state index contributed by atoms with van der Waals surface area (Å²) in [5.74, 6) is 1.06. The fourth-order valence-electron chi connectivity index (χ4n) is 1.58. The fraction of sp³-hybridized carbons (Fsp3) is 0.250. The first-order chi connectivity index (χ1) is 6.86. The molecule has 2 nitrogen and oxygen atoms in total. The molecular weight excluding hydrogens is 172 g/mol. The lowest BCUT2D eigenvalue weighted by Crippen LogP contribution is -1.95. The summed E-state index contributed by atoms with van der Waals surface area (Å²) in [6, 6.07) is 8.49. The maximum absolute atomic E-state index is 4.21. The van der Waals surface area contributed by atoms with Gasteiger partial charge in [-0.1, -0.05) is 24.3 Å². The van der Waals surface area contributed by atoms with Gasteiger partial charge < -0.3 is 4.98 Å². The molecule has 0 saturated heterocycles. The molecule has 0 aliphatic heterocycles. The number of H-pyrrole nitrogens is 1. The van der Waals surface area contributed by atoms with Crippen molar-refractivity contribution >= 4 is 0 Å². The number of imidazole rings is 1. The van der Waals surface area contributed by atoms with Crippen molar-refractivity contribution in [3.05, 3.63) is 53.6 Å². The predicted molar refractivity (Wildman–Crippen MR) is 57.2 cm³/mol. The number of aryl methyl sites for hydroxylation is 3. The van der Waals surface area contributed by atoms with Crippen molar-refractivity contribution in [3.63, 3.8) is 0 Å². The number of aromatic nitrogens is 2. The topological polar surface area (TPSA) is 28.7 Å². The lowest BCUT2D eigenvalue weighted by molar-refractivity contribution is 0.878. The van der Waals surface area contributed by atoms with Crippen LogP contribution in [0.15, 0.2) is 36.7 Å². The van der Waals surface area contributed by atoms with E-state index in [0.717, 1.165) is 18.7 Å². The van der Waals surface area contributed by atoms with E-state index < -0.39 is 0 Å². The van der Waals surface area contributed by atoms with Crippen LogP contribution in [0.1, 0.15) is 17.0 Å². The molecule has 2 heteroatoms. The Balaban J connectivity index is 2.02. The van der Waals surface area contributed by atoms with E-state index in [1.54, 1.807) is 6.20 Å². The van der Waals surface area contributed by atoms with E-state index >= 15 is 0 Å². The summed E-state index contributed by atoms with van der Waals surface area (Å²) in [5, 5.41) is 0. The third-order valence-electron chi connectivity index (χ3n) is 2.45. The summed E-state index contributed by atoms with van der Waals surface area (Å²) >= 11 is 0. The Morgan fingerprint density at radius 2 is 2.07 bits per heavy atom. The normalized spacial score (nSPS) is 10.4. The third-order valence-corrected chi connectivity index (χ3v) is 2.45. The molecule has 0 saturated carbocycles. The zero-order chi connectivity index (χ0) is 9.80. The second kappa shape index (κ2) is 4.09. The Morgan fingerprint density at radius 1 is 1.21 bits per heavy atom. The van der Waals surface area contributed by atoms with Crippen molar-refractivity contribution in [1.29, 1.82) is 0 Å². The van der Waals surface area contributed by atoms with E-state index in [0.29, 0.717) is 0 Å². The van der Waals surface area contributed by atoms with Gasteiger partial charge in [-0.15, -0.1) is 0 Å². The van der Waals surface area contributed by atoms with Crippen LogP contribution in [0.2, 0.25) is 0 Å². The van der Waals surface area contributed by atoms with E-state index in [-0.39, 0.29) is 0 Å². The van der Waals surface area contributed by atoms with Gasteiger partial charge in [0, 0.05) is 18.8 Å². The van der Waals surface area contributed by atoms with Gasteiger partial charge in [0.2, 0.25) is 0 Å². The Bertz CT molecular complexity index is 390. The maximum Gasteiger partial charge on any atom is 0.106 e. The van der Waals surface area contributed by atoms with Crippen LogP contribution in [0.3, 0.4) is 0 Å². The summed E-state index contributed by atoms with van der Waals surface area (Å²) in [5.41, 5.74) is 2.77. The van der Waals surface area contributed by atoms with Gasteiger partial charge in [0.05, 0.1) is 0 Å². The molecule has 72 valence electrons. The quantitative estimate of drug-likeness (QED) is 0.783. The maximum atomic E-state index is 4.21. The summed E-state index contributed by atoms with van der Waals surface area (Å²) in [4.78, 5) is 7.32. The number of hydrogen-bond donors (Lipinski definition) is 1. The molecule has 0 bridgehead atoms. The molecular formula is C12H14N2. The molecule has 14 heavy (non-hydrogen) atoms. The van der Waals surface area contributed by atoms with Gasteiger partial charge in [-0.05, 0) is 24.5 Å². The predicted octanol–water partition coefficient (Wildman–Crippen LogP) is 2.50. The molecule has 0 radical (unpaired) electrons. The summed E-state index contributed by atoms with van der Waals surface area (Å²) < 4.78 is 0. The van der Waals surface area contributed by atoms with Crippen molar-refractivity contribution < 1.29 is 0 Å². The zero-order valence-corrected chi connectivity index (χ0v) is 8.33. The Morgan fingerprint density at radius 3 is 2.79 bits per heavy atom. The second-order valence-corrected chi connectivity index (χ2v) is 3.46. The first-order valence-corrected chi connectivity index (χ1v) is 4.89. The monoisotopic (exact) mass is 186 g/mol. The van der Waals surface area contributed by atoms with E-state index in [1.165, 1.54) is 11.1 Å². The van der Waals surface area contributed by atoms with E-state index in [9.17, 15) is 0 Å². The Hall–Kier alpha value is -1.57. The van der Waals surface area contributed by atoms with Gasteiger partial charge in [0.1, 0.15) is 5.82 Å². The van der Waals surface area contributed by atoms with Crippen LogP contribution >= 0.6 is 0 Å². The molecule has 1 aromatic heterocycles. The SMILES string of the molecule is Cc1ccccc1CCc1ncc[nH]1. The first kappa shape index (κ1) is 9.00. The van der Waals surface area contributed by atoms with Crippen molar-refractivity contribution in [3.8, 4) is 0 Å². The molecule has 0 spiro atoms. The summed E-state index contributed by atoms with van der Waals surface area (Å²) in [6.45, 7) is 2.15. The van der Waals surface area contributed by atoms with Gasteiger partial charge in [-0.3, -0.25) is 0 Å². The highest BCUT2D eigenvalue weighted by Gasteiger charge is 1.99. The molecule has 0 atom stereocenters. The average Bonchev–Trinajstić information content (AvgIpc) is 2.69. The second-order valence-electron chi connectivity index (χ2n) is 3.46. The largest absolute Gasteiger partial charge is 0.349 e. The van der Waals surface area contributed by atoms with Gasteiger partial charge in [0.15, 0.2) is 0 Å². The van der Waals surface area contributed by atoms with Crippen LogP contribution in [-0.4, -0.2) is 9.97 Å². The smallest absolute Gasteiger partial charge is 0.106 e. The van der Waals surface area contributed by atoms with Crippen LogP contribution in [0, 0.1) is 6.92 Å². The summed E-state index contributed by atoms with van der Waals surface area (Å²) in [6.07, 6.45) is 5.71. The minimum atomic E-state index is 0.984. The highest BCUT2D eigenvalue weighted by Crippen LogP contribution is 2.09. The van der Waals surface area contributed by atoms with Crippen molar-refractivity contribution in [2.24, 2.45) is 0 Å². The molecule has 2 aromatic rings. The molecule has 0 fully saturated rings. The van der Waals surface area contributed by atoms with Gasteiger partial charge >= 0.3 is 0 Å². The highest BCUT2D eigenvalue weighted by atomic mass is 14.9. The van der Waals surface area contributed by atoms with E-state index in [4.69, 9.17) is 0 Å². The van der Waals surface area contributed by atoms with Crippen LogP contribution in [0.4, 0.5) is 0 Å². The van der Waals surface area contributed by atoms with Crippen LogP contribution in [0.5, 0.6) is 0 Å². The molecule has 2 rings (SSSR count). The van der Waals surface area contributed by atoms with E-state index in [2.05, 4.69) is 41.2 Å². The minimum Gasteiger partial charge on any atom is -0.349 e. The lowest BCUT2D eigenvalue weighted by atomic mass is 10.0. The Labute approximate surface area is 84.0 Å². The fourth-order valence-corrected chi connectivity index (χ4v) is 1.58. The number of benzene rings is 1. The number of hydrogen-bond acceptors (Lipinski definition) is 1. The van der Waals surface area contributed by atoms with Crippen LogP contribution in [-0.2, 0) is 12.8 Å².